The van der Waals surface area contributed by atoms with Gasteiger partial charge in [0.15, 0.2) is 0 Å². The highest BCUT2D eigenvalue weighted by molar-refractivity contribution is 6.34. The van der Waals surface area contributed by atoms with Gasteiger partial charge in [0.05, 0.1) is 5.02 Å². The normalized spacial score (nSPS) is 10.4. The van der Waals surface area contributed by atoms with Gasteiger partial charge in [-0.3, -0.25) is 0 Å². The van der Waals surface area contributed by atoms with Gasteiger partial charge < -0.3 is 5.32 Å². The van der Waals surface area contributed by atoms with Gasteiger partial charge in [0, 0.05) is 22.3 Å². The van der Waals surface area contributed by atoms with E-state index >= 15 is 0 Å². The average Bonchev–Trinajstić information content (AvgIpc) is 2.29. The van der Waals surface area contributed by atoms with Crippen molar-refractivity contribution in [2.75, 3.05) is 5.32 Å². The Balaban J connectivity index is 2.08. The van der Waals surface area contributed by atoms with E-state index in [1.807, 2.05) is 0 Å². The molecule has 0 heterocycles. The zero-order chi connectivity index (χ0) is 13.1. The predicted octanol–water partition coefficient (Wildman–Crippen LogP) is 5.40. The standard InChI is InChI=1S/C13H9Cl3FN/c14-9-3-8(4-10(15)5-9)7-18-11-1-2-12(16)13(17)6-11/h1-6,18H,7H2. The molecule has 0 bridgehead atoms. The van der Waals surface area contributed by atoms with Crippen molar-refractivity contribution in [2.45, 2.75) is 6.54 Å². The fourth-order valence-electron chi connectivity index (χ4n) is 1.52. The lowest BCUT2D eigenvalue weighted by molar-refractivity contribution is 0.628. The highest BCUT2D eigenvalue weighted by Gasteiger charge is 2.02. The van der Waals surface area contributed by atoms with E-state index in [0.717, 1.165) is 5.56 Å². The summed E-state index contributed by atoms with van der Waals surface area (Å²) in [5, 5.41) is 4.31. The summed E-state index contributed by atoms with van der Waals surface area (Å²) >= 11 is 17.4. The molecule has 2 aromatic rings. The smallest absolute Gasteiger partial charge is 0.143 e. The Hall–Kier alpha value is -0.960. The SMILES string of the molecule is Fc1cc(NCc2cc(Cl)cc(Cl)c2)ccc1Cl. The van der Waals surface area contributed by atoms with Gasteiger partial charge >= 0.3 is 0 Å². The minimum absolute atomic E-state index is 0.103. The minimum Gasteiger partial charge on any atom is -0.381 e. The van der Waals surface area contributed by atoms with E-state index in [9.17, 15) is 4.39 Å². The lowest BCUT2D eigenvalue weighted by Gasteiger charge is -2.08. The third kappa shape index (κ3) is 3.52. The zero-order valence-corrected chi connectivity index (χ0v) is 11.5. The minimum atomic E-state index is -0.453. The first-order valence-corrected chi connectivity index (χ1v) is 6.32. The average molecular weight is 305 g/mol. The molecule has 0 saturated heterocycles. The van der Waals surface area contributed by atoms with Crippen LogP contribution >= 0.6 is 34.8 Å². The first-order valence-electron chi connectivity index (χ1n) is 5.18. The second kappa shape index (κ2) is 5.79. The van der Waals surface area contributed by atoms with Crippen molar-refractivity contribution in [1.82, 2.24) is 0 Å². The highest BCUT2D eigenvalue weighted by Crippen LogP contribution is 2.22. The maximum Gasteiger partial charge on any atom is 0.143 e. The van der Waals surface area contributed by atoms with Gasteiger partial charge in [-0.1, -0.05) is 34.8 Å². The van der Waals surface area contributed by atoms with E-state index in [1.165, 1.54) is 12.1 Å². The number of nitrogens with one attached hydrogen (secondary N) is 1. The third-order valence-corrected chi connectivity index (χ3v) is 3.08. The summed E-state index contributed by atoms with van der Waals surface area (Å²) in [4.78, 5) is 0. The van der Waals surface area contributed by atoms with Crippen molar-refractivity contribution in [2.24, 2.45) is 0 Å². The fourth-order valence-corrected chi connectivity index (χ4v) is 2.21. The number of anilines is 1. The molecule has 0 unspecified atom stereocenters. The molecule has 0 fully saturated rings. The summed E-state index contributed by atoms with van der Waals surface area (Å²) in [5.41, 5.74) is 1.57. The molecule has 1 nitrogen and oxygen atoms in total. The predicted molar refractivity (Wildman–Crippen MR) is 75.2 cm³/mol. The number of hydrogen-bond donors (Lipinski definition) is 1. The van der Waals surface area contributed by atoms with Crippen molar-refractivity contribution >= 4 is 40.5 Å². The second-order valence-corrected chi connectivity index (χ2v) is 5.04. The van der Waals surface area contributed by atoms with Crippen molar-refractivity contribution in [3.05, 3.63) is 62.8 Å². The Morgan fingerprint density at radius 2 is 1.61 bits per heavy atom. The third-order valence-electron chi connectivity index (χ3n) is 2.34. The molecule has 1 N–H and O–H groups in total. The maximum atomic E-state index is 13.2. The molecular weight excluding hydrogens is 296 g/mol. The molecule has 0 atom stereocenters. The number of hydrogen-bond acceptors (Lipinski definition) is 1. The molecule has 0 aliphatic heterocycles. The molecule has 18 heavy (non-hydrogen) atoms. The van der Waals surface area contributed by atoms with Crippen LogP contribution in [0.3, 0.4) is 0 Å². The summed E-state index contributed by atoms with van der Waals surface area (Å²) in [6.07, 6.45) is 0. The van der Waals surface area contributed by atoms with Gasteiger partial charge in [0.2, 0.25) is 0 Å². The Bertz CT molecular complexity index is 552. The molecule has 0 aliphatic carbocycles. The van der Waals surface area contributed by atoms with Gasteiger partial charge in [-0.25, -0.2) is 4.39 Å². The van der Waals surface area contributed by atoms with Gasteiger partial charge in [-0.15, -0.1) is 0 Å². The Morgan fingerprint density at radius 1 is 0.944 bits per heavy atom. The van der Waals surface area contributed by atoms with E-state index in [-0.39, 0.29) is 5.02 Å². The van der Waals surface area contributed by atoms with Gasteiger partial charge in [0.25, 0.3) is 0 Å². The van der Waals surface area contributed by atoms with Crippen molar-refractivity contribution in [3.63, 3.8) is 0 Å². The van der Waals surface area contributed by atoms with Crippen LogP contribution in [0.25, 0.3) is 0 Å². The van der Waals surface area contributed by atoms with Crippen molar-refractivity contribution < 1.29 is 4.39 Å². The molecule has 0 saturated carbocycles. The molecular formula is C13H9Cl3FN. The molecule has 0 aliphatic rings. The van der Waals surface area contributed by atoms with E-state index in [0.29, 0.717) is 22.3 Å². The molecule has 0 spiro atoms. The molecule has 2 rings (SSSR count). The van der Waals surface area contributed by atoms with Crippen LogP contribution in [0.5, 0.6) is 0 Å². The summed E-state index contributed by atoms with van der Waals surface area (Å²) < 4.78 is 13.2. The monoisotopic (exact) mass is 303 g/mol. The van der Waals surface area contributed by atoms with Crippen LogP contribution in [0.15, 0.2) is 36.4 Å². The zero-order valence-electron chi connectivity index (χ0n) is 9.18. The molecule has 2 aromatic carbocycles. The molecule has 0 aromatic heterocycles. The van der Waals surface area contributed by atoms with Gasteiger partial charge in [0.1, 0.15) is 5.82 Å². The van der Waals surface area contributed by atoms with Crippen molar-refractivity contribution in [3.8, 4) is 0 Å². The van der Waals surface area contributed by atoms with Crippen LogP contribution in [-0.2, 0) is 6.54 Å². The lowest BCUT2D eigenvalue weighted by Crippen LogP contribution is -1.99. The van der Waals surface area contributed by atoms with Crippen LogP contribution in [0.1, 0.15) is 5.56 Å². The molecule has 94 valence electrons. The van der Waals surface area contributed by atoms with Gasteiger partial charge in [-0.05, 0) is 42.0 Å². The van der Waals surface area contributed by atoms with E-state index in [1.54, 1.807) is 24.3 Å². The maximum absolute atomic E-state index is 13.2. The number of benzene rings is 2. The molecule has 0 amide bonds. The fraction of sp³-hybridized carbons (Fsp3) is 0.0769. The topological polar surface area (TPSA) is 12.0 Å². The first-order chi connectivity index (χ1) is 8.54. The van der Waals surface area contributed by atoms with Crippen LogP contribution in [0.2, 0.25) is 15.1 Å². The Morgan fingerprint density at radius 3 is 2.22 bits per heavy atom. The van der Waals surface area contributed by atoms with E-state index in [4.69, 9.17) is 34.8 Å². The van der Waals surface area contributed by atoms with Crippen LogP contribution in [0, 0.1) is 5.82 Å². The second-order valence-electron chi connectivity index (χ2n) is 3.76. The molecule has 5 heteroatoms. The van der Waals surface area contributed by atoms with Crippen LogP contribution < -0.4 is 5.32 Å². The van der Waals surface area contributed by atoms with Gasteiger partial charge in [-0.2, -0.15) is 0 Å². The summed E-state index contributed by atoms with van der Waals surface area (Å²) in [7, 11) is 0. The van der Waals surface area contributed by atoms with E-state index < -0.39 is 5.82 Å². The summed E-state index contributed by atoms with van der Waals surface area (Å²) in [6.45, 7) is 0.501. The van der Waals surface area contributed by atoms with Crippen molar-refractivity contribution in [1.29, 1.82) is 0 Å². The Labute approximate surface area is 119 Å². The van der Waals surface area contributed by atoms with Crippen LogP contribution in [-0.4, -0.2) is 0 Å². The highest BCUT2D eigenvalue weighted by atomic mass is 35.5. The largest absolute Gasteiger partial charge is 0.381 e. The quantitative estimate of drug-likeness (QED) is 0.800. The number of rotatable bonds is 3. The number of halogens is 4. The van der Waals surface area contributed by atoms with Crippen LogP contribution in [0.4, 0.5) is 10.1 Å². The Kier molecular flexibility index (Phi) is 4.33. The summed E-state index contributed by atoms with van der Waals surface area (Å²) in [5.74, 6) is -0.453. The molecule has 0 radical (unpaired) electrons. The summed E-state index contributed by atoms with van der Waals surface area (Å²) in [6, 6.07) is 9.81. The first kappa shape index (κ1) is 13.5. The lowest BCUT2D eigenvalue weighted by atomic mass is 10.2. The van der Waals surface area contributed by atoms with E-state index in [2.05, 4.69) is 5.32 Å².